The molecule has 3 rings (SSSR count). The first-order chi connectivity index (χ1) is 14.4. The first-order valence-electron chi connectivity index (χ1n) is 13.1. The van der Waals surface area contributed by atoms with Crippen molar-refractivity contribution in [2.24, 2.45) is 28.1 Å². The van der Waals surface area contributed by atoms with Crippen LogP contribution in [-0.4, -0.2) is 11.2 Å². The number of hydrogen-bond donors (Lipinski definition) is 1. The van der Waals surface area contributed by atoms with E-state index in [1.54, 1.807) is 11.1 Å². The highest BCUT2D eigenvalue weighted by atomic mass is 16.3. The molecule has 31 heavy (non-hydrogen) atoms. The average Bonchev–Trinajstić information content (AvgIpc) is 2.68. The maximum atomic E-state index is 10.5. The largest absolute Gasteiger partial charge is 0.393 e. The van der Waals surface area contributed by atoms with Crippen molar-refractivity contribution < 1.29 is 5.11 Å². The maximum absolute atomic E-state index is 10.5. The first-order valence-corrected chi connectivity index (χ1v) is 13.1. The van der Waals surface area contributed by atoms with Crippen molar-refractivity contribution in [3.63, 3.8) is 0 Å². The predicted octanol–water partition coefficient (Wildman–Crippen LogP) is 8.79. The normalized spacial score (nSPS) is 35.8. The lowest BCUT2D eigenvalue weighted by atomic mass is 9.53. The van der Waals surface area contributed by atoms with E-state index in [9.17, 15) is 5.11 Å². The second kappa shape index (κ2) is 9.20. The molecule has 2 saturated carbocycles. The number of aliphatic hydroxyl groups is 1. The van der Waals surface area contributed by atoms with Gasteiger partial charge in [0.25, 0.3) is 0 Å². The van der Waals surface area contributed by atoms with Gasteiger partial charge in [-0.3, -0.25) is 0 Å². The minimum atomic E-state index is -0.192. The third kappa shape index (κ3) is 5.40. The second-order valence-corrected chi connectivity index (χ2v) is 13.1. The molecular weight excluding hydrogens is 376 g/mol. The Balaban J connectivity index is 1.59. The van der Waals surface area contributed by atoms with Crippen LogP contribution in [0.15, 0.2) is 34.9 Å². The second-order valence-electron chi connectivity index (χ2n) is 13.1. The molecule has 2 fully saturated rings. The zero-order valence-corrected chi connectivity index (χ0v) is 21.7. The molecular formula is C30H50O. The smallest absolute Gasteiger partial charge is 0.0599 e. The Bertz CT molecular complexity index is 734. The predicted molar refractivity (Wildman–Crippen MR) is 135 cm³/mol. The molecule has 3 aliphatic carbocycles. The van der Waals surface area contributed by atoms with Crippen molar-refractivity contribution in [2.45, 2.75) is 125 Å². The van der Waals surface area contributed by atoms with Crippen LogP contribution in [0.2, 0.25) is 0 Å². The molecule has 4 atom stereocenters. The standard InChI is InChI=1S/C30H50O/c1-21(12-14-25-23(3)13-15-27(31)29(25,6)7)10-9-11-24-22(2)16-17-30(8)19-18-28(4,5)20-26(24)30/h10,25-27,31H,3,9,11-20H2,1-2,4-8H3/b21-10+/t25-,26+,27+,30-/m0/s1. The Kier molecular flexibility index (Phi) is 7.37. The lowest BCUT2D eigenvalue weighted by molar-refractivity contribution is -0.00880. The third-order valence-electron chi connectivity index (χ3n) is 9.73. The molecule has 0 amide bonds. The van der Waals surface area contributed by atoms with Crippen LogP contribution in [0, 0.1) is 28.1 Å². The maximum Gasteiger partial charge on any atom is 0.0599 e. The van der Waals surface area contributed by atoms with E-state index >= 15 is 0 Å². The molecule has 0 bridgehead atoms. The summed E-state index contributed by atoms with van der Waals surface area (Å²) in [5.74, 6) is 1.24. The molecule has 0 saturated heterocycles. The summed E-state index contributed by atoms with van der Waals surface area (Å²) in [4.78, 5) is 0. The highest BCUT2D eigenvalue weighted by Crippen LogP contribution is 2.57. The molecule has 0 radical (unpaired) electrons. The lowest BCUT2D eigenvalue weighted by Gasteiger charge is -2.52. The molecule has 0 aliphatic heterocycles. The summed E-state index contributed by atoms with van der Waals surface area (Å²) in [6.45, 7) is 21.1. The highest BCUT2D eigenvalue weighted by Gasteiger charge is 2.46. The van der Waals surface area contributed by atoms with E-state index < -0.39 is 0 Å². The fourth-order valence-corrected chi connectivity index (χ4v) is 7.01. The van der Waals surface area contributed by atoms with E-state index in [-0.39, 0.29) is 11.5 Å². The van der Waals surface area contributed by atoms with Gasteiger partial charge in [0.05, 0.1) is 6.10 Å². The van der Waals surface area contributed by atoms with Gasteiger partial charge in [0, 0.05) is 0 Å². The summed E-state index contributed by atoms with van der Waals surface area (Å²) in [6.07, 6.45) is 15.8. The Hall–Kier alpha value is -0.820. The molecule has 0 heterocycles. The number of allylic oxidation sites excluding steroid dienone is 5. The minimum absolute atomic E-state index is 0.0438. The van der Waals surface area contributed by atoms with E-state index in [1.165, 1.54) is 56.1 Å². The van der Waals surface area contributed by atoms with Crippen molar-refractivity contribution in [3.05, 3.63) is 34.9 Å². The molecule has 0 aromatic carbocycles. The van der Waals surface area contributed by atoms with Crippen molar-refractivity contribution in [2.75, 3.05) is 0 Å². The van der Waals surface area contributed by atoms with Gasteiger partial charge in [-0.25, -0.2) is 0 Å². The van der Waals surface area contributed by atoms with Gasteiger partial charge in [0.2, 0.25) is 0 Å². The van der Waals surface area contributed by atoms with Gasteiger partial charge in [-0.15, -0.1) is 0 Å². The minimum Gasteiger partial charge on any atom is -0.393 e. The van der Waals surface area contributed by atoms with Crippen molar-refractivity contribution in [1.82, 2.24) is 0 Å². The molecule has 3 aliphatic rings. The number of rotatable bonds is 6. The van der Waals surface area contributed by atoms with Crippen molar-refractivity contribution >= 4 is 0 Å². The molecule has 0 unspecified atom stereocenters. The van der Waals surface area contributed by atoms with Gasteiger partial charge in [0.15, 0.2) is 0 Å². The Labute approximate surface area is 193 Å². The van der Waals surface area contributed by atoms with Gasteiger partial charge in [-0.05, 0) is 113 Å². The van der Waals surface area contributed by atoms with Crippen LogP contribution in [-0.2, 0) is 0 Å². The summed E-state index contributed by atoms with van der Waals surface area (Å²) in [7, 11) is 0. The summed E-state index contributed by atoms with van der Waals surface area (Å²) < 4.78 is 0. The molecule has 1 heteroatoms. The van der Waals surface area contributed by atoms with Gasteiger partial charge < -0.3 is 5.11 Å². The summed E-state index contributed by atoms with van der Waals surface area (Å²) in [6, 6.07) is 0. The van der Waals surface area contributed by atoms with Gasteiger partial charge >= 0.3 is 0 Å². The van der Waals surface area contributed by atoms with Crippen LogP contribution >= 0.6 is 0 Å². The van der Waals surface area contributed by atoms with E-state index in [4.69, 9.17) is 0 Å². The third-order valence-corrected chi connectivity index (χ3v) is 9.73. The van der Waals surface area contributed by atoms with Crippen LogP contribution in [0.5, 0.6) is 0 Å². The topological polar surface area (TPSA) is 20.2 Å². The molecule has 0 aromatic heterocycles. The monoisotopic (exact) mass is 426 g/mol. The van der Waals surface area contributed by atoms with E-state index in [0.717, 1.165) is 31.6 Å². The van der Waals surface area contributed by atoms with E-state index in [0.29, 0.717) is 16.7 Å². The quantitative estimate of drug-likeness (QED) is 0.421. The Morgan fingerprint density at radius 2 is 1.81 bits per heavy atom. The summed E-state index contributed by atoms with van der Waals surface area (Å²) in [5.41, 5.74) is 7.36. The SMILES string of the molecule is C=C1CC[C@@H](O)C(C)(C)[C@H]1CC/C(C)=C/CCC1=C(C)CC[C@@]2(C)CCC(C)(C)C[C@H]12. The van der Waals surface area contributed by atoms with Crippen LogP contribution in [0.4, 0.5) is 0 Å². The van der Waals surface area contributed by atoms with E-state index in [1.807, 2.05) is 0 Å². The molecule has 0 aromatic rings. The van der Waals surface area contributed by atoms with Crippen LogP contribution in [0.25, 0.3) is 0 Å². The average molecular weight is 427 g/mol. The lowest BCUT2D eigenvalue weighted by Crippen LogP contribution is -2.41. The Morgan fingerprint density at radius 3 is 2.52 bits per heavy atom. The summed E-state index contributed by atoms with van der Waals surface area (Å²) >= 11 is 0. The zero-order valence-electron chi connectivity index (χ0n) is 21.7. The first kappa shape index (κ1) is 24.8. The van der Waals surface area contributed by atoms with Crippen molar-refractivity contribution in [3.8, 4) is 0 Å². The highest BCUT2D eigenvalue weighted by molar-refractivity contribution is 5.25. The van der Waals surface area contributed by atoms with Crippen LogP contribution in [0.1, 0.15) is 119 Å². The zero-order chi connectivity index (χ0) is 23.0. The summed E-state index contributed by atoms with van der Waals surface area (Å²) in [5, 5.41) is 10.5. The number of aliphatic hydroxyl groups excluding tert-OH is 1. The number of hydrogen-bond acceptors (Lipinski definition) is 1. The van der Waals surface area contributed by atoms with Crippen LogP contribution < -0.4 is 0 Å². The number of fused-ring (bicyclic) bond motifs is 1. The fourth-order valence-electron chi connectivity index (χ4n) is 7.01. The Morgan fingerprint density at radius 1 is 1.10 bits per heavy atom. The molecule has 176 valence electrons. The fraction of sp³-hybridized carbons (Fsp3) is 0.800. The van der Waals surface area contributed by atoms with Gasteiger partial charge in [-0.2, -0.15) is 0 Å². The van der Waals surface area contributed by atoms with Crippen LogP contribution in [0.3, 0.4) is 0 Å². The molecule has 0 spiro atoms. The van der Waals surface area contributed by atoms with Crippen molar-refractivity contribution in [1.29, 1.82) is 0 Å². The molecule has 1 N–H and O–H groups in total. The van der Waals surface area contributed by atoms with E-state index in [2.05, 4.69) is 61.1 Å². The van der Waals surface area contributed by atoms with Gasteiger partial charge in [-0.1, -0.05) is 69.6 Å². The van der Waals surface area contributed by atoms with Gasteiger partial charge in [0.1, 0.15) is 0 Å². The molecule has 1 nitrogen and oxygen atoms in total.